The highest BCUT2D eigenvalue weighted by atomic mass is 16.5. The molecule has 3 aromatic carbocycles. The predicted molar refractivity (Wildman–Crippen MR) is 113 cm³/mol. The third-order valence-electron chi connectivity index (χ3n) is 4.58. The fourth-order valence-corrected chi connectivity index (χ4v) is 3.21. The van der Waals surface area contributed by atoms with Crippen LogP contribution in [0.2, 0.25) is 0 Å². The Balaban J connectivity index is 1.74. The van der Waals surface area contributed by atoms with Gasteiger partial charge in [0.25, 0.3) is 0 Å². The second-order valence-corrected chi connectivity index (χ2v) is 6.51. The van der Waals surface area contributed by atoms with E-state index in [1.54, 1.807) is 7.11 Å². The number of anilines is 1. The Morgan fingerprint density at radius 3 is 2.36 bits per heavy atom. The van der Waals surface area contributed by atoms with E-state index in [9.17, 15) is 4.79 Å². The fraction of sp³-hybridized carbons (Fsp3) is 0.0833. The summed E-state index contributed by atoms with van der Waals surface area (Å²) in [7, 11) is 1.64. The van der Waals surface area contributed by atoms with Gasteiger partial charge in [-0.25, -0.2) is 4.98 Å². The van der Waals surface area contributed by atoms with Gasteiger partial charge in [0.05, 0.1) is 24.7 Å². The summed E-state index contributed by atoms with van der Waals surface area (Å²) < 4.78 is 5.35. The number of carbonyl (C=O) groups excluding carboxylic acids is 1. The van der Waals surface area contributed by atoms with Crippen LogP contribution in [0, 0.1) is 0 Å². The summed E-state index contributed by atoms with van der Waals surface area (Å²) in [4.78, 5) is 17.4. The van der Waals surface area contributed by atoms with E-state index in [1.807, 2.05) is 84.9 Å². The van der Waals surface area contributed by atoms with Gasteiger partial charge in [-0.15, -0.1) is 0 Å². The number of fused-ring (bicyclic) bond motifs is 1. The molecule has 1 N–H and O–H groups in total. The minimum Gasteiger partial charge on any atom is -0.497 e. The van der Waals surface area contributed by atoms with E-state index in [0.717, 1.165) is 39.2 Å². The summed E-state index contributed by atoms with van der Waals surface area (Å²) in [5, 5.41) is 3.90. The van der Waals surface area contributed by atoms with Crippen molar-refractivity contribution in [1.82, 2.24) is 4.98 Å². The van der Waals surface area contributed by atoms with Crippen molar-refractivity contribution in [1.29, 1.82) is 0 Å². The largest absolute Gasteiger partial charge is 0.497 e. The highest BCUT2D eigenvalue weighted by Crippen LogP contribution is 2.28. The van der Waals surface area contributed by atoms with E-state index in [-0.39, 0.29) is 12.3 Å². The molecule has 0 aliphatic carbocycles. The second kappa shape index (κ2) is 7.92. The Hall–Kier alpha value is -3.66. The maximum atomic E-state index is 12.6. The summed E-state index contributed by atoms with van der Waals surface area (Å²) in [6.45, 7) is 0. The first-order valence-electron chi connectivity index (χ1n) is 9.11. The fourth-order valence-electron chi connectivity index (χ4n) is 3.21. The molecule has 0 bridgehead atoms. The van der Waals surface area contributed by atoms with Crippen molar-refractivity contribution in [2.75, 3.05) is 12.4 Å². The molecule has 0 radical (unpaired) electrons. The van der Waals surface area contributed by atoms with Crippen LogP contribution in [-0.2, 0) is 11.2 Å². The number of hydrogen-bond donors (Lipinski definition) is 1. The van der Waals surface area contributed by atoms with Crippen LogP contribution in [0.1, 0.15) is 5.56 Å². The van der Waals surface area contributed by atoms with E-state index < -0.39 is 0 Å². The van der Waals surface area contributed by atoms with Crippen LogP contribution in [0.4, 0.5) is 5.69 Å². The van der Waals surface area contributed by atoms with Crippen molar-refractivity contribution in [2.45, 2.75) is 6.42 Å². The summed E-state index contributed by atoms with van der Waals surface area (Å²) in [6.07, 6.45) is 0.264. The number of hydrogen-bond acceptors (Lipinski definition) is 3. The van der Waals surface area contributed by atoms with Gasteiger partial charge in [0, 0.05) is 22.7 Å². The van der Waals surface area contributed by atoms with E-state index >= 15 is 0 Å². The van der Waals surface area contributed by atoms with Crippen molar-refractivity contribution in [3.05, 3.63) is 90.5 Å². The number of ether oxygens (including phenoxy) is 1. The van der Waals surface area contributed by atoms with Gasteiger partial charge in [-0.1, -0.05) is 48.5 Å². The molecule has 4 aromatic rings. The number of amides is 1. The third kappa shape index (κ3) is 3.86. The number of rotatable bonds is 5. The first-order valence-corrected chi connectivity index (χ1v) is 9.11. The lowest BCUT2D eigenvalue weighted by Crippen LogP contribution is -2.14. The van der Waals surface area contributed by atoms with Crippen LogP contribution in [0.3, 0.4) is 0 Å². The molecule has 1 heterocycles. The molecular formula is C24H20N2O2. The van der Waals surface area contributed by atoms with Crippen molar-refractivity contribution < 1.29 is 9.53 Å². The number of benzene rings is 3. The van der Waals surface area contributed by atoms with Crippen molar-refractivity contribution in [3.8, 4) is 17.0 Å². The predicted octanol–water partition coefficient (Wildman–Crippen LogP) is 5.09. The molecule has 138 valence electrons. The zero-order valence-electron chi connectivity index (χ0n) is 15.6. The highest BCUT2D eigenvalue weighted by molar-refractivity contribution is 5.96. The monoisotopic (exact) mass is 368 g/mol. The summed E-state index contributed by atoms with van der Waals surface area (Å²) in [5.41, 5.74) is 4.37. The van der Waals surface area contributed by atoms with Gasteiger partial charge in [-0.2, -0.15) is 0 Å². The summed E-state index contributed by atoms with van der Waals surface area (Å²) >= 11 is 0. The molecule has 4 nitrogen and oxygen atoms in total. The highest BCUT2D eigenvalue weighted by Gasteiger charge is 2.12. The standard InChI is InChI=1S/C24H20N2O2/c1-28-20-12-13-21-18(15-24(27)25-19-10-6-3-7-11-19)14-22(26-23(21)16-20)17-8-4-2-5-9-17/h2-14,16H,15H2,1H3,(H,25,27). The molecular weight excluding hydrogens is 348 g/mol. The van der Waals surface area contributed by atoms with Crippen LogP contribution in [-0.4, -0.2) is 18.0 Å². The van der Waals surface area contributed by atoms with Crippen molar-refractivity contribution in [2.24, 2.45) is 0 Å². The Morgan fingerprint density at radius 2 is 1.64 bits per heavy atom. The van der Waals surface area contributed by atoms with Gasteiger partial charge in [0.15, 0.2) is 0 Å². The first kappa shape index (κ1) is 17.7. The molecule has 0 atom stereocenters. The van der Waals surface area contributed by atoms with Gasteiger partial charge >= 0.3 is 0 Å². The maximum Gasteiger partial charge on any atom is 0.228 e. The molecule has 0 aliphatic rings. The molecule has 1 aromatic heterocycles. The van der Waals surface area contributed by atoms with Gasteiger partial charge in [-0.05, 0) is 35.9 Å². The molecule has 4 rings (SSSR count). The quantitative estimate of drug-likeness (QED) is 0.534. The van der Waals surface area contributed by atoms with Gasteiger partial charge in [0.1, 0.15) is 5.75 Å². The van der Waals surface area contributed by atoms with Gasteiger partial charge in [0.2, 0.25) is 5.91 Å². The van der Waals surface area contributed by atoms with Crippen molar-refractivity contribution in [3.63, 3.8) is 0 Å². The zero-order chi connectivity index (χ0) is 19.3. The van der Waals surface area contributed by atoms with E-state index in [4.69, 9.17) is 9.72 Å². The normalized spacial score (nSPS) is 10.6. The van der Waals surface area contributed by atoms with Crippen molar-refractivity contribution >= 4 is 22.5 Å². The Labute approximate surface area is 163 Å². The minimum absolute atomic E-state index is 0.0615. The third-order valence-corrected chi connectivity index (χ3v) is 4.58. The molecule has 28 heavy (non-hydrogen) atoms. The number of methoxy groups -OCH3 is 1. The van der Waals surface area contributed by atoms with Gasteiger partial charge < -0.3 is 10.1 Å². The average molecular weight is 368 g/mol. The van der Waals surface area contributed by atoms with Crippen LogP contribution < -0.4 is 10.1 Å². The number of carbonyl (C=O) groups is 1. The van der Waals surface area contributed by atoms with Crippen LogP contribution >= 0.6 is 0 Å². The zero-order valence-corrected chi connectivity index (χ0v) is 15.6. The topological polar surface area (TPSA) is 51.2 Å². The molecule has 0 saturated heterocycles. The SMILES string of the molecule is COc1ccc2c(CC(=O)Nc3ccccc3)cc(-c3ccccc3)nc2c1. The van der Waals surface area contributed by atoms with E-state index in [2.05, 4.69) is 5.32 Å². The Bertz CT molecular complexity index is 1110. The lowest BCUT2D eigenvalue weighted by molar-refractivity contribution is -0.115. The van der Waals surface area contributed by atoms with E-state index in [0.29, 0.717) is 0 Å². The maximum absolute atomic E-state index is 12.6. The Kier molecular flexibility index (Phi) is 5.02. The molecule has 0 saturated carbocycles. The summed E-state index contributed by atoms with van der Waals surface area (Å²) in [5.74, 6) is 0.679. The average Bonchev–Trinajstić information content (AvgIpc) is 2.74. The second-order valence-electron chi connectivity index (χ2n) is 6.51. The lowest BCUT2D eigenvalue weighted by Gasteiger charge is -2.12. The van der Waals surface area contributed by atoms with E-state index in [1.165, 1.54) is 0 Å². The number of aromatic nitrogens is 1. The number of nitrogens with one attached hydrogen (secondary N) is 1. The molecule has 1 amide bonds. The molecule has 4 heteroatoms. The number of para-hydroxylation sites is 1. The molecule has 0 spiro atoms. The van der Waals surface area contributed by atoms with Gasteiger partial charge in [-0.3, -0.25) is 4.79 Å². The molecule has 0 fully saturated rings. The lowest BCUT2D eigenvalue weighted by atomic mass is 10.0. The van der Waals surface area contributed by atoms with Crippen LogP contribution in [0.15, 0.2) is 84.9 Å². The Morgan fingerprint density at radius 1 is 0.929 bits per heavy atom. The van der Waals surface area contributed by atoms with Crippen LogP contribution in [0.25, 0.3) is 22.2 Å². The number of nitrogens with zero attached hydrogens (tertiary/aromatic N) is 1. The van der Waals surface area contributed by atoms with Crippen LogP contribution in [0.5, 0.6) is 5.75 Å². The molecule has 0 unspecified atom stereocenters. The number of pyridine rings is 1. The first-order chi connectivity index (χ1) is 13.7. The smallest absolute Gasteiger partial charge is 0.228 e. The minimum atomic E-state index is -0.0615. The summed E-state index contributed by atoms with van der Waals surface area (Å²) in [6, 6.07) is 27.2. The molecule has 0 aliphatic heterocycles.